The number of rotatable bonds is 2. The second kappa shape index (κ2) is 3.57. The molecule has 2 aromatic heterocycles. The highest BCUT2D eigenvalue weighted by Crippen LogP contribution is 2.26. The minimum absolute atomic E-state index is 0.558. The Morgan fingerprint density at radius 1 is 1.46 bits per heavy atom. The zero-order chi connectivity index (χ0) is 9.26. The fourth-order valence-corrected chi connectivity index (χ4v) is 2.59. The van der Waals surface area contributed by atoms with Gasteiger partial charge < -0.3 is 5.11 Å². The minimum atomic E-state index is -0.558. The number of aromatic nitrogens is 1. The van der Waals surface area contributed by atoms with Crippen LogP contribution >= 0.6 is 22.9 Å². The number of thiophene rings is 1. The molecule has 2 heterocycles. The van der Waals surface area contributed by atoms with Crippen molar-refractivity contribution in [1.29, 1.82) is 0 Å². The van der Waals surface area contributed by atoms with Gasteiger partial charge in [0.15, 0.2) is 0 Å². The maximum atomic E-state index is 9.90. The molecule has 0 amide bonds. The normalized spacial score (nSPS) is 13.1. The molecule has 1 atom stereocenters. The van der Waals surface area contributed by atoms with Crippen LogP contribution in [-0.4, -0.2) is 9.48 Å². The fraction of sp³-hybridized carbons (Fsp3) is 0.222. The van der Waals surface area contributed by atoms with E-state index in [1.165, 1.54) is 11.5 Å². The Hall–Kier alpha value is -0.710. The minimum Gasteiger partial charge on any atom is -0.382 e. The zero-order valence-electron chi connectivity index (χ0n) is 7.10. The van der Waals surface area contributed by atoms with Gasteiger partial charge in [-0.25, -0.2) is 0 Å². The van der Waals surface area contributed by atoms with Gasteiger partial charge in [0.2, 0.25) is 0 Å². The van der Waals surface area contributed by atoms with Crippen LogP contribution < -0.4 is 0 Å². The topological polar surface area (TPSA) is 33.1 Å². The standard InChI is InChI=1S/C9H9NOS2/c1-6-4-12-5-7(6)9(11)8-2-3-13-10-8/h2-5,9,11H,1H3. The molecule has 13 heavy (non-hydrogen) atoms. The largest absolute Gasteiger partial charge is 0.382 e. The van der Waals surface area contributed by atoms with Crippen LogP contribution in [0, 0.1) is 6.92 Å². The summed E-state index contributed by atoms with van der Waals surface area (Å²) in [5.41, 5.74) is 2.84. The first-order valence-electron chi connectivity index (χ1n) is 3.90. The summed E-state index contributed by atoms with van der Waals surface area (Å²) in [7, 11) is 0. The summed E-state index contributed by atoms with van der Waals surface area (Å²) in [6, 6.07) is 1.85. The van der Waals surface area contributed by atoms with Gasteiger partial charge in [-0.1, -0.05) is 0 Å². The second-order valence-electron chi connectivity index (χ2n) is 2.84. The van der Waals surface area contributed by atoms with Gasteiger partial charge in [0.1, 0.15) is 6.10 Å². The van der Waals surface area contributed by atoms with Gasteiger partial charge in [0, 0.05) is 10.9 Å². The van der Waals surface area contributed by atoms with Crippen molar-refractivity contribution in [3.63, 3.8) is 0 Å². The van der Waals surface area contributed by atoms with Crippen LogP contribution in [0.25, 0.3) is 0 Å². The Morgan fingerprint density at radius 3 is 2.85 bits per heavy atom. The van der Waals surface area contributed by atoms with E-state index in [2.05, 4.69) is 4.37 Å². The van der Waals surface area contributed by atoms with Crippen molar-refractivity contribution in [3.8, 4) is 0 Å². The molecule has 2 aromatic rings. The van der Waals surface area contributed by atoms with E-state index >= 15 is 0 Å². The van der Waals surface area contributed by atoms with Crippen LogP contribution in [0.2, 0.25) is 0 Å². The lowest BCUT2D eigenvalue weighted by Gasteiger charge is -2.06. The lowest BCUT2D eigenvalue weighted by atomic mass is 10.1. The molecule has 0 bridgehead atoms. The molecule has 0 aromatic carbocycles. The van der Waals surface area contributed by atoms with Crippen LogP contribution in [0.5, 0.6) is 0 Å². The lowest BCUT2D eigenvalue weighted by Crippen LogP contribution is -1.99. The van der Waals surface area contributed by atoms with E-state index in [0.29, 0.717) is 0 Å². The van der Waals surface area contributed by atoms with Crippen molar-refractivity contribution in [3.05, 3.63) is 39.0 Å². The van der Waals surface area contributed by atoms with Crippen molar-refractivity contribution >= 4 is 22.9 Å². The van der Waals surface area contributed by atoms with Crippen LogP contribution in [0.15, 0.2) is 22.2 Å². The molecular weight excluding hydrogens is 202 g/mol. The summed E-state index contributed by atoms with van der Waals surface area (Å²) in [5.74, 6) is 0. The van der Waals surface area contributed by atoms with Crippen molar-refractivity contribution in [2.75, 3.05) is 0 Å². The SMILES string of the molecule is Cc1cscc1C(O)c1ccsn1. The molecule has 1 N–H and O–H groups in total. The van der Waals surface area contributed by atoms with E-state index in [-0.39, 0.29) is 0 Å². The number of aliphatic hydroxyl groups is 1. The van der Waals surface area contributed by atoms with Crippen LogP contribution in [-0.2, 0) is 0 Å². The molecule has 0 aliphatic rings. The van der Waals surface area contributed by atoms with E-state index in [4.69, 9.17) is 0 Å². The predicted octanol–water partition coefficient (Wildman–Crippen LogP) is 2.59. The van der Waals surface area contributed by atoms with Crippen LogP contribution in [0.4, 0.5) is 0 Å². The monoisotopic (exact) mass is 211 g/mol. The van der Waals surface area contributed by atoms with E-state index in [1.807, 2.05) is 29.1 Å². The third-order valence-corrected chi connectivity index (χ3v) is 3.38. The number of nitrogens with zero attached hydrogens (tertiary/aromatic N) is 1. The first-order valence-corrected chi connectivity index (χ1v) is 5.68. The molecule has 0 saturated heterocycles. The predicted molar refractivity (Wildman–Crippen MR) is 55.2 cm³/mol. The zero-order valence-corrected chi connectivity index (χ0v) is 8.73. The van der Waals surface area contributed by atoms with Gasteiger partial charge in [-0.05, 0) is 40.8 Å². The molecule has 0 fully saturated rings. The van der Waals surface area contributed by atoms with Gasteiger partial charge in [-0.15, -0.1) is 0 Å². The molecule has 68 valence electrons. The Balaban J connectivity index is 2.33. The van der Waals surface area contributed by atoms with Gasteiger partial charge in [-0.3, -0.25) is 0 Å². The Labute approximate surface area is 84.7 Å². The Morgan fingerprint density at radius 2 is 2.31 bits per heavy atom. The summed E-state index contributed by atoms with van der Waals surface area (Å²) in [4.78, 5) is 0. The molecular formula is C9H9NOS2. The smallest absolute Gasteiger partial charge is 0.123 e. The van der Waals surface area contributed by atoms with Gasteiger partial charge in [-0.2, -0.15) is 15.7 Å². The van der Waals surface area contributed by atoms with E-state index in [9.17, 15) is 5.11 Å². The average Bonchev–Trinajstić information content (AvgIpc) is 2.72. The molecule has 0 saturated carbocycles. The highest BCUT2D eigenvalue weighted by atomic mass is 32.1. The quantitative estimate of drug-likeness (QED) is 0.828. The third-order valence-electron chi connectivity index (χ3n) is 1.93. The maximum absolute atomic E-state index is 9.90. The summed E-state index contributed by atoms with van der Waals surface area (Å²) < 4.78 is 4.11. The summed E-state index contributed by atoms with van der Waals surface area (Å²) in [6.07, 6.45) is -0.558. The van der Waals surface area contributed by atoms with Crippen LogP contribution in [0.1, 0.15) is 22.9 Å². The number of hydrogen-bond acceptors (Lipinski definition) is 4. The molecule has 2 rings (SSSR count). The molecule has 0 aliphatic carbocycles. The number of aliphatic hydroxyl groups excluding tert-OH is 1. The van der Waals surface area contributed by atoms with E-state index in [1.54, 1.807) is 11.3 Å². The number of aryl methyl sites for hydroxylation is 1. The number of hydrogen-bond donors (Lipinski definition) is 1. The van der Waals surface area contributed by atoms with Crippen molar-refractivity contribution in [2.24, 2.45) is 0 Å². The van der Waals surface area contributed by atoms with E-state index < -0.39 is 6.10 Å². The second-order valence-corrected chi connectivity index (χ2v) is 4.25. The molecule has 4 heteroatoms. The molecule has 0 spiro atoms. The van der Waals surface area contributed by atoms with Gasteiger partial charge in [0.25, 0.3) is 0 Å². The highest BCUT2D eigenvalue weighted by Gasteiger charge is 2.14. The van der Waals surface area contributed by atoms with Crippen molar-refractivity contribution in [2.45, 2.75) is 13.0 Å². The third kappa shape index (κ3) is 1.65. The molecule has 0 radical (unpaired) electrons. The van der Waals surface area contributed by atoms with E-state index in [0.717, 1.165) is 16.8 Å². The van der Waals surface area contributed by atoms with Crippen LogP contribution in [0.3, 0.4) is 0 Å². The van der Waals surface area contributed by atoms with Crippen molar-refractivity contribution in [1.82, 2.24) is 4.37 Å². The van der Waals surface area contributed by atoms with Gasteiger partial charge in [0.05, 0.1) is 5.69 Å². The Bertz CT molecular complexity index is 380. The fourth-order valence-electron chi connectivity index (χ4n) is 1.17. The Kier molecular flexibility index (Phi) is 2.44. The van der Waals surface area contributed by atoms with Gasteiger partial charge >= 0.3 is 0 Å². The highest BCUT2D eigenvalue weighted by molar-refractivity contribution is 7.08. The lowest BCUT2D eigenvalue weighted by molar-refractivity contribution is 0.216. The first-order chi connectivity index (χ1) is 6.29. The summed E-state index contributed by atoms with van der Waals surface area (Å²) >= 11 is 2.97. The first kappa shape index (κ1) is 8.87. The summed E-state index contributed by atoms with van der Waals surface area (Å²) in [6.45, 7) is 2.00. The molecule has 1 unspecified atom stereocenters. The average molecular weight is 211 g/mol. The summed E-state index contributed by atoms with van der Waals surface area (Å²) in [5, 5.41) is 15.8. The van der Waals surface area contributed by atoms with Crippen molar-refractivity contribution < 1.29 is 5.11 Å². The maximum Gasteiger partial charge on any atom is 0.123 e. The molecule has 0 aliphatic heterocycles. The molecule has 2 nitrogen and oxygen atoms in total.